The van der Waals surface area contributed by atoms with Gasteiger partial charge in [-0.15, -0.1) is 6.58 Å². The van der Waals surface area contributed by atoms with E-state index in [-0.39, 0.29) is 11.9 Å². The molecule has 2 unspecified atom stereocenters. The van der Waals surface area contributed by atoms with Crippen LogP contribution in [0.3, 0.4) is 0 Å². The highest BCUT2D eigenvalue weighted by Gasteiger charge is 2.13. The van der Waals surface area contributed by atoms with Gasteiger partial charge in [-0.3, -0.25) is 4.79 Å². The highest BCUT2D eigenvalue weighted by atomic mass is 16.2. The minimum Gasteiger partial charge on any atom is -0.351 e. The Hall–Kier alpha value is -0.830. The van der Waals surface area contributed by atoms with E-state index < -0.39 is 0 Å². The van der Waals surface area contributed by atoms with Gasteiger partial charge in [-0.25, -0.2) is 0 Å². The molecule has 0 aromatic carbocycles. The molecule has 2 atom stereocenters. The average molecular weight is 240 g/mol. The van der Waals surface area contributed by atoms with Crippen LogP contribution in [0.25, 0.3) is 0 Å². The monoisotopic (exact) mass is 240 g/mol. The smallest absolute Gasteiger partial charge is 0.237 e. The first-order chi connectivity index (χ1) is 8.11. The van der Waals surface area contributed by atoms with Crippen LogP contribution in [0, 0.1) is 0 Å². The second-order valence-electron chi connectivity index (χ2n) is 4.67. The average Bonchev–Trinajstić information content (AvgIpc) is 2.31. The molecule has 3 nitrogen and oxygen atoms in total. The number of nitrogens with one attached hydrogen (secondary N) is 2. The van der Waals surface area contributed by atoms with Crippen LogP contribution in [0.2, 0.25) is 0 Å². The second kappa shape index (κ2) is 10.3. The SMILES string of the molecule is C=CCNC(=O)C(C)NC(C)CCCCCC. The van der Waals surface area contributed by atoms with E-state index in [0.29, 0.717) is 12.6 Å². The van der Waals surface area contributed by atoms with Gasteiger partial charge in [0.2, 0.25) is 5.91 Å². The Labute approximate surface area is 106 Å². The first-order valence-electron chi connectivity index (χ1n) is 6.76. The van der Waals surface area contributed by atoms with Crippen molar-refractivity contribution in [3.05, 3.63) is 12.7 Å². The van der Waals surface area contributed by atoms with Gasteiger partial charge in [0, 0.05) is 12.6 Å². The summed E-state index contributed by atoms with van der Waals surface area (Å²) in [5.41, 5.74) is 0. The maximum atomic E-state index is 11.6. The summed E-state index contributed by atoms with van der Waals surface area (Å²) in [5.74, 6) is 0.0466. The number of amides is 1. The summed E-state index contributed by atoms with van der Waals surface area (Å²) in [7, 11) is 0. The molecule has 2 N–H and O–H groups in total. The summed E-state index contributed by atoms with van der Waals surface area (Å²) in [4.78, 5) is 11.6. The summed E-state index contributed by atoms with van der Waals surface area (Å²) in [6.07, 6.45) is 7.94. The van der Waals surface area contributed by atoms with Gasteiger partial charge in [0.25, 0.3) is 0 Å². The first-order valence-corrected chi connectivity index (χ1v) is 6.76. The van der Waals surface area contributed by atoms with Gasteiger partial charge < -0.3 is 10.6 Å². The van der Waals surface area contributed by atoms with Crippen LogP contribution in [-0.2, 0) is 4.79 Å². The number of carbonyl (C=O) groups excluding carboxylic acids is 1. The predicted octanol–water partition coefficient (Wildman–Crippen LogP) is 2.63. The van der Waals surface area contributed by atoms with Crippen LogP contribution in [0.4, 0.5) is 0 Å². The standard InChI is InChI=1S/C14H28N2O/c1-5-7-8-9-10-12(3)16-13(4)14(17)15-11-6-2/h6,12-13,16H,2,5,7-11H2,1,3-4H3,(H,15,17). The number of hydrogen-bond acceptors (Lipinski definition) is 2. The molecule has 100 valence electrons. The minimum atomic E-state index is -0.129. The second-order valence-corrected chi connectivity index (χ2v) is 4.67. The molecule has 0 spiro atoms. The number of unbranched alkanes of at least 4 members (excludes halogenated alkanes) is 3. The van der Waals surface area contributed by atoms with E-state index in [4.69, 9.17) is 0 Å². The fraction of sp³-hybridized carbons (Fsp3) is 0.786. The maximum absolute atomic E-state index is 11.6. The van der Waals surface area contributed by atoms with E-state index in [1.165, 1.54) is 25.7 Å². The number of rotatable bonds is 10. The summed E-state index contributed by atoms with van der Waals surface area (Å²) in [5, 5.41) is 6.11. The minimum absolute atomic E-state index is 0.0466. The molecule has 0 saturated carbocycles. The molecule has 17 heavy (non-hydrogen) atoms. The molecule has 0 saturated heterocycles. The van der Waals surface area contributed by atoms with E-state index >= 15 is 0 Å². The molecule has 0 aromatic heterocycles. The summed E-state index contributed by atoms with van der Waals surface area (Å²) < 4.78 is 0. The van der Waals surface area contributed by atoms with Gasteiger partial charge in [-0.05, 0) is 20.3 Å². The Bertz CT molecular complexity index is 216. The van der Waals surface area contributed by atoms with Crippen LogP contribution < -0.4 is 10.6 Å². The van der Waals surface area contributed by atoms with E-state index in [2.05, 4.69) is 31.1 Å². The van der Waals surface area contributed by atoms with Crippen LogP contribution in [-0.4, -0.2) is 24.5 Å². The Kier molecular flexibility index (Phi) is 9.83. The van der Waals surface area contributed by atoms with Crippen LogP contribution >= 0.6 is 0 Å². The van der Waals surface area contributed by atoms with Gasteiger partial charge in [0.15, 0.2) is 0 Å². The maximum Gasteiger partial charge on any atom is 0.237 e. The van der Waals surface area contributed by atoms with Crippen LogP contribution in [0.15, 0.2) is 12.7 Å². The molecule has 0 heterocycles. The lowest BCUT2D eigenvalue weighted by atomic mass is 10.1. The molecule has 0 aliphatic heterocycles. The Balaban J connectivity index is 3.67. The van der Waals surface area contributed by atoms with E-state index in [0.717, 1.165) is 6.42 Å². The number of carbonyl (C=O) groups is 1. The van der Waals surface area contributed by atoms with Crippen molar-refractivity contribution in [3.63, 3.8) is 0 Å². The van der Waals surface area contributed by atoms with Crippen molar-refractivity contribution >= 4 is 5.91 Å². The number of hydrogen-bond donors (Lipinski definition) is 2. The Morgan fingerprint density at radius 3 is 2.59 bits per heavy atom. The normalized spacial score (nSPS) is 14.1. The van der Waals surface area contributed by atoms with Crippen LogP contribution in [0.1, 0.15) is 52.9 Å². The zero-order valence-corrected chi connectivity index (χ0v) is 11.6. The lowest BCUT2D eigenvalue weighted by molar-refractivity contribution is -0.122. The van der Waals surface area contributed by atoms with Gasteiger partial charge in [-0.2, -0.15) is 0 Å². The summed E-state index contributed by atoms with van der Waals surface area (Å²) >= 11 is 0. The zero-order chi connectivity index (χ0) is 13.1. The first kappa shape index (κ1) is 16.2. The zero-order valence-electron chi connectivity index (χ0n) is 11.6. The Morgan fingerprint density at radius 1 is 1.29 bits per heavy atom. The largest absolute Gasteiger partial charge is 0.351 e. The Morgan fingerprint density at radius 2 is 2.00 bits per heavy atom. The molecule has 0 fully saturated rings. The fourth-order valence-electron chi connectivity index (χ4n) is 1.79. The topological polar surface area (TPSA) is 41.1 Å². The van der Waals surface area contributed by atoms with E-state index in [1.807, 2.05) is 6.92 Å². The lowest BCUT2D eigenvalue weighted by Crippen LogP contribution is -2.45. The van der Waals surface area contributed by atoms with Gasteiger partial charge in [0.1, 0.15) is 0 Å². The molecule has 0 aliphatic carbocycles. The van der Waals surface area contributed by atoms with Gasteiger partial charge in [0.05, 0.1) is 6.04 Å². The third-order valence-corrected chi connectivity index (χ3v) is 2.84. The van der Waals surface area contributed by atoms with Crippen LogP contribution in [0.5, 0.6) is 0 Å². The highest BCUT2D eigenvalue weighted by Crippen LogP contribution is 2.05. The van der Waals surface area contributed by atoms with Crippen molar-refractivity contribution in [2.45, 2.75) is 65.0 Å². The molecular formula is C14H28N2O. The van der Waals surface area contributed by atoms with E-state index in [9.17, 15) is 4.79 Å². The molecular weight excluding hydrogens is 212 g/mol. The third kappa shape index (κ3) is 8.93. The summed E-state index contributed by atoms with van der Waals surface area (Å²) in [6.45, 7) is 10.4. The summed E-state index contributed by atoms with van der Waals surface area (Å²) in [6, 6.07) is 0.271. The third-order valence-electron chi connectivity index (χ3n) is 2.84. The molecule has 0 aromatic rings. The predicted molar refractivity (Wildman–Crippen MR) is 74.0 cm³/mol. The van der Waals surface area contributed by atoms with Crippen molar-refractivity contribution in [1.82, 2.24) is 10.6 Å². The van der Waals surface area contributed by atoms with Gasteiger partial charge >= 0.3 is 0 Å². The van der Waals surface area contributed by atoms with Crippen molar-refractivity contribution in [1.29, 1.82) is 0 Å². The van der Waals surface area contributed by atoms with Crippen molar-refractivity contribution in [3.8, 4) is 0 Å². The molecule has 0 rings (SSSR count). The molecule has 0 bridgehead atoms. The van der Waals surface area contributed by atoms with Crippen molar-refractivity contribution < 1.29 is 4.79 Å². The van der Waals surface area contributed by atoms with Gasteiger partial charge in [-0.1, -0.05) is 38.7 Å². The van der Waals surface area contributed by atoms with Crippen molar-refractivity contribution in [2.75, 3.05) is 6.54 Å². The fourth-order valence-corrected chi connectivity index (χ4v) is 1.79. The molecule has 1 amide bonds. The van der Waals surface area contributed by atoms with Crippen molar-refractivity contribution in [2.24, 2.45) is 0 Å². The molecule has 0 aliphatic rings. The quantitative estimate of drug-likeness (QED) is 0.455. The highest BCUT2D eigenvalue weighted by molar-refractivity contribution is 5.81. The van der Waals surface area contributed by atoms with E-state index in [1.54, 1.807) is 6.08 Å². The molecule has 0 radical (unpaired) electrons. The lowest BCUT2D eigenvalue weighted by Gasteiger charge is -2.19. The molecule has 3 heteroatoms.